The topological polar surface area (TPSA) is 41.0 Å². The molecule has 0 aliphatic carbocycles. The summed E-state index contributed by atoms with van der Waals surface area (Å²) in [6.45, 7) is 16.4. The van der Waals surface area contributed by atoms with Gasteiger partial charge in [-0.1, -0.05) is 58.0 Å². The Bertz CT molecular complexity index is 676. The van der Waals surface area contributed by atoms with E-state index in [1.807, 2.05) is 6.07 Å². The van der Waals surface area contributed by atoms with Crippen molar-refractivity contribution in [3.63, 3.8) is 0 Å². The molecular weight excluding hydrogens is 320 g/mol. The molecule has 2 rings (SSSR count). The highest BCUT2D eigenvalue weighted by molar-refractivity contribution is 5.68. The average Bonchev–Trinajstić information content (AvgIpc) is 2.61. The molecule has 0 amide bonds. The summed E-state index contributed by atoms with van der Waals surface area (Å²) in [4.78, 5) is 2.42. The molecule has 1 N–H and O–H groups in total. The van der Waals surface area contributed by atoms with Gasteiger partial charge in [0, 0.05) is 17.6 Å². The SMILES string of the molecule is CCN(CC)CC(C)(C)Nc1cc(-c2ccccc2)c(CC(C)C)nn1. The zero-order valence-corrected chi connectivity index (χ0v) is 17.2. The lowest BCUT2D eigenvalue weighted by Crippen LogP contribution is -2.44. The fraction of sp³-hybridized carbons (Fsp3) is 0.545. The predicted molar refractivity (Wildman–Crippen MR) is 111 cm³/mol. The minimum atomic E-state index is -0.0752. The van der Waals surface area contributed by atoms with Crippen molar-refractivity contribution in [1.82, 2.24) is 15.1 Å². The molecule has 26 heavy (non-hydrogen) atoms. The summed E-state index contributed by atoms with van der Waals surface area (Å²) in [6, 6.07) is 12.6. The van der Waals surface area contributed by atoms with Crippen LogP contribution in [0.2, 0.25) is 0 Å². The van der Waals surface area contributed by atoms with Gasteiger partial charge in [-0.25, -0.2) is 0 Å². The molecule has 0 spiro atoms. The highest BCUT2D eigenvalue weighted by Gasteiger charge is 2.22. The van der Waals surface area contributed by atoms with Crippen LogP contribution in [0.5, 0.6) is 0 Å². The van der Waals surface area contributed by atoms with Crippen LogP contribution in [0.1, 0.15) is 47.2 Å². The van der Waals surface area contributed by atoms with Gasteiger partial charge in [-0.15, -0.1) is 5.10 Å². The number of hydrogen-bond acceptors (Lipinski definition) is 4. The third kappa shape index (κ3) is 5.80. The summed E-state index contributed by atoms with van der Waals surface area (Å²) < 4.78 is 0. The van der Waals surface area contributed by atoms with Crippen molar-refractivity contribution in [3.05, 3.63) is 42.1 Å². The Hall–Kier alpha value is -1.94. The minimum Gasteiger partial charge on any atom is -0.362 e. The Morgan fingerprint density at radius 1 is 1.04 bits per heavy atom. The molecule has 0 aliphatic heterocycles. The molecule has 1 aromatic heterocycles. The molecule has 0 bridgehead atoms. The maximum Gasteiger partial charge on any atom is 0.149 e. The molecule has 0 fully saturated rings. The first-order valence-corrected chi connectivity index (χ1v) is 9.77. The predicted octanol–water partition coefficient (Wildman–Crippen LogP) is 4.87. The minimum absolute atomic E-state index is 0.0752. The highest BCUT2D eigenvalue weighted by Crippen LogP contribution is 2.27. The van der Waals surface area contributed by atoms with Crippen molar-refractivity contribution in [2.75, 3.05) is 25.0 Å². The first-order valence-electron chi connectivity index (χ1n) is 9.77. The van der Waals surface area contributed by atoms with Crippen molar-refractivity contribution < 1.29 is 0 Å². The second kappa shape index (κ2) is 9.13. The van der Waals surface area contributed by atoms with Crippen molar-refractivity contribution in [2.24, 2.45) is 5.92 Å². The van der Waals surface area contributed by atoms with E-state index in [-0.39, 0.29) is 5.54 Å². The number of benzene rings is 1. The normalized spacial score (nSPS) is 12.0. The monoisotopic (exact) mass is 354 g/mol. The van der Waals surface area contributed by atoms with E-state index in [1.165, 1.54) is 11.1 Å². The summed E-state index contributed by atoms with van der Waals surface area (Å²) in [5, 5.41) is 12.6. The van der Waals surface area contributed by atoms with Crippen LogP contribution >= 0.6 is 0 Å². The van der Waals surface area contributed by atoms with Crippen LogP contribution in [0, 0.1) is 5.92 Å². The number of nitrogens with zero attached hydrogens (tertiary/aromatic N) is 3. The fourth-order valence-corrected chi connectivity index (χ4v) is 3.28. The van der Waals surface area contributed by atoms with E-state index in [0.717, 1.165) is 37.6 Å². The molecule has 0 saturated heterocycles. The lowest BCUT2D eigenvalue weighted by atomic mass is 9.98. The van der Waals surface area contributed by atoms with Gasteiger partial charge in [0.05, 0.1) is 5.69 Å². The Morgan fingerprint density at radius 3 is 2.27 bits per heavy atom. The second-order valence-electron chi connectivity index (χ2n) is 8.02. The van der Waals surface area contributed by atoms with Crippen molar-refractivity contribution in [1.29, 1.82) is 0 Å². The third-order valence-corrected chi connectivity index (χ3v) is 4.54. The quantitative estimate of drug-likeness (QED) is 0.697. The van der Waals surface area contributed by atoms with Gasteiger partial charge in [0.2, 0.25) is 0 Å². The molecule has 0 unspecified atom stereocenters. The molecule has 0 atom stereocenters. The van der Waals surface area contributed by atoms with Gasteiger partial charge < -0.3 is 10.2 Å². The van der Waals surface area contributed by atoms with E-state index < -0.39 is 0 Å². The average molecular weight is 355 g/mol. The standard InChI is InChI=1S/C22H34N4/c1-7-26(8-2)16-22(5,6)23-21-15-19(18-12-10-9-11-13-18)20(24-25-21)14-17(3)4/h9-13,15,17H,7-8,14,16H2,1-6H3,(H,23,25). The maximum atomic E-state index is 4.57. The van der Waals surface area contributed by atoms with E-state index in [4.69, 9.17) is 0 Å². The van der Waals surface area contributed by atoms with Crippen LogP contribution in [0.4, 0.5) is 5.82 Å². The number of nitrogens with one attached hydrogen (secondary N) is 1. The largest absolute Gasteiger partial charge is 0.362 e. The Morgan fingerprint density at radius 2 is 1.69 bits per heavy atom. The lowest BCUT2D eigenvalue weighted by Gasteiger charge is -2.32. The number of likely N-dealkylation sites (N-methyl/N-ethyl adjacent to an activating group) is 1. The molecule has 0 radical (unpaired) electrons. The van der Waals surface area contributed by atoms with Gasteiger partial charge in [-0.2, -0.15) is 5.10 Å². The van der Waals surface area contributed by atoms with Crippen LogP contribution < -0.4 is 5.32 Å². The van der Waals surface area contributed by atoms with Gasteiger partial charge >= 0.3 is 0 Å². The molecule has 1 aromatic carbocycles. The van der Waals surface area contributed by atoms with Crippen LogP contribution in [0.15, 0.2) is 36.4 Å². The number of rotatable bonds is 9. The molecule has 2 aromatic rings. The van der Waals surface area contributed by atoms with Gasteiger partial charge in [-0.05, 0) is 50.9 Å². The third-order valence-electron chi connectivity index (χ3n) is 4.54. The Kier molecular flexibility index (Phi) is 7.15. The Balaban J connectivity index is 2.30. The van der Waals surface area contributed by atoms with E-state index in [9.17, 15) is 0 Å². The second-order valence-corrected chi connectivity index (χ2v) is 8.02. The zero-order chi connectivity index (χ0) is 19.2. The van der Waals surface area contributed by atoms with E-state index in [1.54, 1.807) is 0 Å². The van der Waals surface area contributed by atoms with Gasteiger partial charge in [0.1, 0.15) is 5.82 Å². The van der Waals surface area contributed by atoms with Crippen LogP contribution in [-0.2, 0) is 6.42 Å². The summed E-state index contributed by atoms with van der Waals surface area (Å²) in [7, 11) is 0. The first kappa shape index (κ1) is 20.4. The molecule has 4 nitrogen and oxygen atoms in total. The van der Waals surface area contributed by atoms with Gasteiger partial charge in [-0.3, -0.25) is 0 Å². The number of aromatic nitrogens is 2. The Labute approximate surface area is 159 Å². The fourth-order valence-electron chi connectivity index (χ4n) is 3.28. The van der Waals surface area contributed by atoms with Gasteiger partial charge in [0.15, 0.2) is 0 Å². The van der Waals surface area contributed by atoms with Crippen LogP contribution in [0.3, 0.4) is 0 Å². The van der Waals surface area contributed by atoms with Crippen molar-refractivity contribution >= 4 is 5.82 Å². The summed E-state index contributed by atoms with van der Waals surface area (Å²) in [5.74, 6) is 1.39. The first-order chi connectivity index (χ1) is 12.3. The molecule has 4 heteroatoms. The van der Waals surface area contributed by atoms with Crippen molar-refractivity contribution in [2.45, 2.75) is 53.5 Å². The van der Waals surface area contributed by atoms with Crippen molar-refractivity contribution in [3.8, 4) is 11.1 Å². The molecule has 0 saturated carbocycles. The smallest absolute Gasteiger partial charge is 0.149 e. The molecule has 0 aliphatic rings. The summed E-state index contributed by atoms with van der Waals surface area (Å²) in [5.41, 5.74) is 3.37. The summed E-state index contributed by atoms with van der Waals surface area (Å²) in [6.07, 6.45) is 0.931. The molecule has 142 valence electrons. The van der Waals surface area contributed by atoms with Crippen LogP contribution in [0.25, 0.3) is 11.1 Å². The number of hydrogen-bond donors (Lipinski definition) is 1. The zero-order valence-electron chi connectivity index (χ0n) is 17.2. The maximum absolute atomic E-state index is 4.57. The molecule has 1 heterocycles. The van der Waals surface area contributed by atoms with Gasteiger partial charge in [0.25, 0.3) is 0 Å². The highest BCUT2D eigenvalue weighted by atomic mass is 15.2. The molecular formula is C22H34N4. The van der Waals surface area contributed by atoms with E-state index in [0.29, 0.717) is 5.92 Å². The summed E-state index contributed by atoms with van der Waals surface area (Å²) >= 11 is 0. The number of anilines is 1. The van der Waals surface area contributed by atoms with E-state index >= 15 is 0 Å². The lowest BCUT2D eigenvalue weighted by molar-refractivity contribution is 0.257. The van der Waals surface area contributed by atoms with Crippen LogP contribution in [-0.4, -0.2) is 40.3 Å². The van der Waals surface area contributed by atoms with E-state index in [2.05, 4.69) is 92.3 Å².